The molecule has 0 N–H and O–H groups in total. The second-order valence-corrected chi connectivity index (χ2v) is 8.47. The second-order valence-electron chi connectivity index (χ2n) is 2.35. The van der Waals surface area contributed by atoms with Gasteiger partial charge in [-0.3, -0.25) is 0 Å². The first kappa shape index (κ1) is 9.57. The Balaban J connectivity index is 3.30. The molecule has 9 heavy (non-hydrogen) atoms. The summed E-state index contributed by atoms with van der Waals surface area (Å²) in [5, 5.41) is 0. The average molecular weight is 162 g/mol. The number of rotatable bonds is 4. The fraction of sp³-hybridized carbons (Fsp3) is 1.00. The van der Waals surface area contributed by atoms with Crippen LogP contribution in [-0.4, -0.2) is 20.2 Å². The van der Waals surface area contributed by atoms with Gasteiger partial charge in [-0.15, -0.1) is 0 Å². The van der Waals surface area contributed by atoms with Gasteiger partial charge in [0.25, 0.3) is 0 Å². The van der Waals surface area contributed by atoms with E-state index in [1.54, 1.807) is 0 Å². The van der Waals surface area contributed by atoms with Gasteiger partial charge >= 0.3 is 0 Å². The van der Waals surface area contributed by atoms with Gasteiger partial charge in [0.15, 0.2) is 0 Å². The summed E-state index contributed by atoms with van der Waals surface area (Å²) in [5.74, 6) is 1.48. The van der Waals surface area contributed by atoms with Crippen LogP contribution >= 0.6 is 9.89 Å². The standard InChI is InChI=1S/C7H18SSi/c1-4-6-8(3)9-7-5-2/h9H,4-7H2,1-3H3. The highest BCUT2D eigenvalue weighted by molar-refractivity contribution is 8.19. The van der Waals surface area contributed by atoms with Crippen molar-refractivity contribution in [3.05, 3.63) is 0 Å². The Morgan fingerprint density at radius 2 is 1.89 bits per heavy atom. The predicted molar refractivity (Wildman–Crippen MR) is 50.9 cm³/mol. The first-order valence-corrected chi connectivity index (χ1v) is 7.85. The van der Waals surface area contributed by atoms with E-state index in [1.807, 2.05) is 0 Å². The number of hydrogen-bond acceptors (Lipinski definition) is 0. The van der Waals surface area contributed by atoms with Crippen LogP contribution in [0.15, 0.2) is 0 Å². The molecule has 0 aliphatic heterocycles. The van der Waals surface area contributed by atoms with Crippen LogP contribution in [0.4, 0.5) is 0 Å². The van der Waals surface area contributed by atoms with Gasteiger partial charge in [-0.1, -0.05) is 20.3 Å². The third-order valence-electron chi connectivity index (χ3n) is 1.22. The van der Waals surface area contributed by atoms with Crippen molar-refractivity contribution in [1.82, 2.24) is 0 Å². The van der Waals surface area contributed by atoms with Crippen LogP contribution < -0.4 is 0 Å². The molecule has 56 valence electrons. The molecule has 0 spiro atoms. The van der Waals surface area contributed by atoms with Gasteiger partial charge in [-0.2, -0.15) is 0 Å². The summed E-state index contributed by atoms with van der Waals surface area (Å²) in [6.07, 6.45) is 5.21. The van der Waals surface area contributed by atoms with Crippen molar-refractivity contribution < 1.29 is 0 Å². The molecule has 1 unspecified atom stereocenters. The fourth-order valence-corrected chi connectivity index (χ4v) is 5.29. The Bertz CT molecular complexity index is 88.9. The van der Waals surface area contributed by atoms with E-state index in [1.165, 1.54) is 24.6 Å². The zero-order valence-electron chi connectivity index (χ0n) is 6.81. The molecule has 0 aromatic rings. The van der Waals surface area contributed by atoms with Crippen molar-refractivity contribution in [1.29, 1.82) is 0 Å². The van der Waals surface area contributed by atoms with Gasteiger partial charge in [-0.25, -0.2) is 9.89 Å². The molecule has 0 saturated carbocycles. The molecule has 0 fully saturated rings. The summed E-state index contributed by atoms with van der Waals surface area (Å²) < 4.78 is 0. The molecule has 0 nitrogen and oxygen atoms in total. The molecular formula is C7H18SSi. The molecule has 0 saturated heterocycles. The zero-order chi connectivity index (χ0) is 7.11. The van der Waals surface area contributed by atoms with E-state index in [-0.39, 0.29) is 0 Å². The molecule has 2 heteroatoms. The van der Waals surface area contributed by atoms with Crippen LogP contribution in [0.1, 0.15) is 26.7 Å². The van der Waals surface area contributed by atoms with Gasteiger partial charge in [0.2, 0.25) is 0 Å². The maximum absolute atomic E-state index is 2.43. The maximum Gasteiger partial charge on any atom is 0.0255 e. The van der Waals surface area contributed by atoms with Crippen LogP contribution in [0.5, 0.6) is 0 Å². The summed E-state index contributed by atoms with van der Waals surface area (Å²) in [5.41, 5.74) is 0. The van der Waals surface area contributed by atoms with Crippen molar-refractivity contribution in [3.63, 3.8) is 0 Å². The van der Waals surface area contributed by atoms with Crippen molar-refractivity contribution in [2.45, 2.75) is 32.7 Å². The van der Waals surface area contributed by atoms with E-state index < -0.39 is 0 Å². The summed E-state index contributed by atoms with van der Waals surface area (Å²) in [7, 11) is 1.61. The van der Waals surface area contributed by atoms with Gasteiger partial charge in [-0.05, 0) is 24.5 Å². The van der Waals surface area contributed by atoms with E-state index in [2.05, 4.69) is 20.1 Å². The monoisotopic (exact) mass is 162 g/mol. The lowest BCUT2D eigenvalue weighted by Crippen LogP contribution is -1.81. The third-order valence-corrected chi connectivity index (χ3v) is 6.77. The largest absolute Gasteiger partial charge is 0.218 e. The Hall–Kier alpha value is 0.567. The first-order valence-electron chi connectivity index (χ1n) is 3.76. The zero-order valence-corrected chi connectivity index (χ0v) is 8.79. The molecule has 0 bridgehead atoms. The average Bonchev–Trinajstić information content (AvgIpc) is 1.85. The molecule has 1 atom stereocenters. The van der Waals surface area contributed by atoms with E-state index >= 15 is 0 Å². The summed E-state index contributed by atoms with van der Waals surface area (Å²) in [6.45, 7) is 4.57. The Morgan fingerprint density at radius 3 is 2.33 bits per heavy atom. The third kappa shape index (κ3) is 6.45. The van der Waals surface area contributed by atoms with Gasteiger partial charge in [0, 0.05) is 8.23 Å². The van der Waals surface area contributed by atoms with E-state index in [0.717, 1.165) is 18.1 Å². The Morgan fingerprint density at radius 1 is 1.22 bits per heavy atom. The minimum Gasteiger partial charge on any atom is -0.218 e. The highest BCUT2D eigenvalue weighted by Crippen LogP contribution is 2.06. The molecule has 0 aliphatic rings. The van der Waals surface area contributed by atoms with Gasteiger partial charge in [0.1, 0.15) is 0 Å². The summed E-state index contributed by atoms with van der Waals surface area (Å²) in [4.78, 5) is 0. The van der Waals surface area contributed by atoms with Crippen molar-refractivity contribution in [2.24, 2.45) is 0 Å². The van der Waals surface area contributed by atoms with Crippen molar-refractivity contribution in [3.8, 4) is 0 Å². The highest BCUT2D eigenvalue weighted by atomic mass is 32.3. The van der Waals surface area contributed by atoms with Gasteiger partial charge in [0.05, 0.1) is 0 Å². The normalized spacial score (nSPS) is 14.1. The highest BCUT2D eigenvalue weighted by Gasteiger charge is 1.82. The van der Waals surface area contributed by atoms with Crippen LogP contribution in [0.2, 0.25) is 6.04 Å². The van der Waals surface area contributed by atoms with Crippen LogP contribution in [0, 0.1) is 0 Å². The fourth-order valence-electron chi connectivity index (χ4n) is 0.724. The second kappa shape index (κ2) is 6.68. The Labute approximate surface area is 63.3 Å². The van der Waals surface area contributed by atoms with Gasteiger partial charge < -0.3 is 0 Å². The van der Waals surface area contributed by atoms with Crippen LogP contribution in [-0.2, 0) is 0 Å². The van der Waals surface area contributed by atoms with E-state index in [4.69, 9.17) is 0 Å². The maximum atomic E-state index is 2.43. The molecule has 0 amide bonds. The van der Waals surface area contributed by atoms with Crippen LogP contribution in [0.3, 0.4) is 0 Å². The summed E-state index contributed by atoms with van der Waals surface area (Å²) >= 11 is 0. The topological polar surface area (TPSA) is 0 Å². The van der Waals surface area contributed by atoms with E-state index in [9.17, 15) is 0 Å². The molecule has 0 aromatic heterocycles. The molecule has 0 radical (unpaired) electrons. The van der Waals surface area contributed by atoms with Crippen molar-refractivity contribution in [2.75, 3.05) is 12.0 Å². The summed E-state index contributed by atoms with van der Waals surface area (Å²) in [6, 6.07) is 1.51. The minimum atomic E-state index is 0.797. The quantitative estimate of drug-likeness (QED) is 0.557. The lowest BCUT2D eigenvalue weighted by atomic mass is 10.6. The first-order chi connectivity index (χ1) is 4.31. The van der Waals surface area contributed by atoms with E-state index in [0.29, 0.717) is 0 Å². The smallest absolute Gasteiger partial charge is 0.0255 e. The molecular weight excluding hydrogens is 144 g/mol. The van der Waals surface area contributed by atoms with Crippen molar-refractivity contribution >= 4 is 18.1 Å². The minimum absolute atomic E-state index is 0.797. The molecule has 0 aliphatic carbocycles. The number of hydrogen-bond donors (Lipinski definition) is 0. The lowest BCUT2D eigenvalue weighted by molar-refractivity contribution is 1.08. The van der Waals surface area contributed by atoms with Crippen LogP contribution in [0.25, 0.3) is 0 Å². The predicted octanol–water partition coefficient (Wildman–Crippen LogP) is 2.47. The Kier molecular flexibility index (Phi) is 7.10. The lowest BCUT2D eigenvalue weighted by Gasteiger charge is -1.97. The SMILES string of the molecule is CCC/[SiH]=S(/C)CCC. The molecule has 0 heterocycles. The molecule has 0 rings (SSSR count). The molecule has 0 aromatic carbocycles.